The van der Waals surface area contributed by atoms with Gasteiger partial charge in [-0.3, -0.25) is 4.79 Å². The van der Waals surface area contributed by atoms with Gasteiger partial charge in [0.05, 0.1) is 0 Å². The van der Waals surface area contributed by atoms with E-state index in [2.05, 4.69) is 4.74 Å². The minimum atomic E-state index is -0.960. The molecule has 0 N–H and O–H groups in total. The van der Waals surface area contributed by atoms with Crippen LogP contribution in [0.1, 0.15) is 13.3 Å². The summed E-state index contributed by atoms with van der Waals surface area (Å²) in [7, 11) is 0. The van der Waals surface area contributed by atoms with Crippen LogP contribution in [-0.2, 0) is 9.59 Å². The van der Waals surface area contributed by atoms with Gasteiger partial charge in [-0.25, -0.2) is 9.18 Å². The Morgan fingerprint density at radius 3 is 2.71 bits per heavy atom. The molecule has 0 heterocycles. The van der Waals surface area contributed by atoms with Crippen LogP contribution in [0.5, 0.6) is 5.75 Å². The number of carbonyl (C=O) groups is 2. The van der Waals surface area contributed by atoms with Crippen LogP contribution in [0.15, 0.2) is 24.3 Å². The molecule has 1 rings (SSSR count). The number of ether oxygens (including phenoxy) is 1. The second-order valence-electron chi connectivity index (χ2n) is 2.62. The lowest BCUT2D eigenvalue weighted by atomic mass is 10.3. The molecule has 0 spiro atoms. The minimum Gasteiger partial charge on any atom is -0.421 e. The molecule has 0 saturated carbocycles. The summed E-state index contributed by atoms with van der Waals surface area (Å²) >= 11 is 0. The van der Waals surface area contributed by atoms with E-state index in [9.17, 15) is 14.0 Å². The Morgan fingerprint density at radius 1 is 1.43 bits per heavy atom. The van der Waals surface area contributed by atoms with Crippen LogP contribution in [0, 0.1) is 5.82 Å². The van der Waals surface area contributed by atoms with Crippen LogP contribution in [0.4, 0.5) is 4.39 Å². The lowest BCUT2D eigenvalue weighted by molar-refractivity contribution is -0.146. The second-order valence-corrected chi connectivity index (χ2v) is 2.62. The number of ketones is 1. The summed E-state index contributed by atoms with van der Waals surface area (Å²) in [4.78, 5) is 21.8. The fourth-order valence-corrected chi connectivity index (χ4v) is 0.839. The molecule has 1 aromatic rings. The Labute approximate surface area is 80.5 Å². The van der Waals surface area contributed by atoms with Crippen LogP contribution in [-0.4, -0.2) is 11.8 Å². The van der Waals surface area contributed by atoms with Gasteiger partial charge >= 0.3 is 5.97 Å². The third-order valence-electron chi connectivity index (χ3n) is 1.56. The molecule has 0 bridgehead atoms. The minimum absolute atomic E-state index is 0.0387. The number of rotatable bonds is 3. The van der Waals surface area contributed by atoms with Crippen LogP contribution in [0.3, 0.4) is 0 Å². The van der Waals surface area contributed by atoms with Gasteiger partial charge in [0.1, 0.15) is 11.6 Å². The zero-order chi connectivity index (χ0) is 10.6. The number of Topliss-reactive ketones (excluding diaryl/α,β-unsaturated/α-hetero) is 1. The van der Waals surface area contributed by atoms with E-state index in [4.69, 9.17) is 0 Å². The van der Waals surface area contributed by atoms with E-state index in [1.165, 1.54) is 18.2 Å². The topological polar surface area (TPSA) is 43.4 Å². The Balaban J connectivity index is 2.70. The maximum atomic E-state index is 12.6. The third kappa shape index (κ3) is 2.65. The highest BCUT2D eigenvalue weighted by Gasteiger charge is 2.13. The van der Waals surface area contributed by atoms with E-state index in [1.807, 2.05) is 0 Å². The van der Waals surface area contributed by atoms with Crippen LogP contribution in [0.2, 0.25) is 0 Å². The van der Waals surface area contributed by atoms with Gasteiger partial charge in [0.25, 0.3) is 0 Å². The number of carbonyl (C=O) groups excluding carboxylic acids is 2. The number of benzene rings is 1. The van der Waals surface area contributed by atoms with Gasteiger partial charge in [-0.1, -0.05) is 13.0 Å². The maximum absolute atomic E-state index is 12.6. The van der Waals surface area contributed by atoms with Gasteiger partial charge in [-0.05, 0) is 12.1 Å². The summed E-state index contributed by atoms with van der Waals surface area (Å²) in [5.74, 6) is -2.07. The molecular weight excluding hydrogens is 187 g/mol. The standard InChI is InChI=1S/C10H9FO3/c1-2-9(12)10(13)14-8-5-3-4-7(11)6-8/h3-6H,2H2,1H3. The van der Waals surface area contributed by atoms with Crippen molar-refractivity contribution in [3.63, 3.8) is 0 Å². The molecule has 3 nitrogen and oxygen atoms in total. The Kier molecular flexibility index (Phi) is 3.34. The van der Waals surface area contributed by atoms with Crippen molar-refractivity contribution >= 4 is 11.8 Å². The van der Waals surface area contributed by atoms with Gasteiger partial charge in [-0.15, -0.1) is 0 Å². The predicted octanol–water partition coefficient (Wildman–Crippen LogP) is 1.71. The van der Waals surface area contributed by atoms with Gasteiger partial charge in [-0.2, -0.15) is 0 Å². The SMILES string of the molecule is CCC(=O)C(=O)Oc1cccc(F)c1. The number of halogens is 1. The van der Waals surface area contributed by atoms with Crippen molar-refractivity contribution in [2.24, 2.45) is 0 Å². The normalized spacial score (nSPS) is 9.57. The summed E-state index contributed by atoms with van der Waals surface area (Å²) in [6.07, 6.45) is 0.0775. The molecule has 74 valence electrons. The van der Waals surface area contributed by atoms with E-state index in [1.54, 1.807) is 6.92 Å². The fraction of sp³-hybridized carbons (Fsp3) is 0.200. The highest BCUT2D eigenvalue weighted by molar-refractivity contribution is 6.34. The Hall–Kier alpha value is -1.71. The molecule has 0 saturated heterocycles. The largest absolute Gasteiger partial charge is 0.421 e. The Morgan fingerprint density at radius 2 is 2.14 bits per heavy atom. The summed E-state index contributed by atoms with van der Waals surface area (Å²) < 4.78 is 17.2. The molecule has 14 heavy (non-hydrogen) atoms. The lowest BCUT2D eigenvalue weighted by Crippen LogP contribution is -2.19. The van der Waals surface area contributed by atoms with Crippen molar-refractivity contribution < 1.29 is 18.7 Å². The monoisotopic (exact) mass is 196 g/mol. The highest BCUT2D eigenvalue weighted by Crippen LogP contribution is 2.12. The molecule has 0 amide bonds. The third-order valence-corrected chi connectivity index (χ3v) is 1.56. The first-order chi connectivity index (χ1) is 6.63. The van der Waals surface area contributed by atoms with Crippen molar-refractivity contribution in [2.75, 3.05) is 0 Å². The summed E-state index contributed by atoms with van der Waals surface area (Å²) in [6.45, 7) is 1.55. The first-order valence-electron chi connectivity index (χ1n) is 4.14. The van der Waals surface area contributed by atoms with Gasteiger partial charge < -0.3 is 4.74 Å². The smallest absolute Gasteiger partial charge is 0.379 e. The molecular formula is C10H9FO3. The van der Waals surface area contributed by atoms with Gasteiger partial charge in [0.2, 0.25) is 5.78 Å². The lowest BCUT2D eigenvalue weighted by Gasteiger charge is -2.01. The molecule has 0 aliphatic carbocycles. The number of hydrogen-bond donors (Lipinski definition) is 0. The summed E-state index contributed by atoms with van der Waals surface area (Å²) in [5.41, 5.74) is 0. The molecule has 0 fully saturated rings. The predicted molar refractivity (Wildman–Crippen MR) is 47.3 cm³/mol. The number of esters is 1. The average Bonchev–Trinajstić information content (AvgIpc) is 2.16. The van der Waals surface area contributed by atoms with E-state index >= 15 is 0 Å². The molecule has 1 aromatic carbocycles. The van der Waals surface area contributed by atoms with Crippen LogP contribution in [0.25, 0.3) is 0 Å². The highest BCUT2D eigenvalue weighted by atomic mass is 19.1. The molecule has 4 heteroatoms. The van der Waals surface area contributed by atoms with Crippen LogP contribution < -0.4 is 4.74 Å². The van der Waals surface area contributed by atoms with Crippen molar-refractivity contribution in [3.8, 4) is 5.75 Å². The van der Waals surface area contributed by atoms with Crippen LogP contribution >= 0.6 is 0 Å². The van der Waals surface area contributed by atoms with E-state index < -0.39 is 17.6 Å². The first kappa shape index (κ1) is 10.4. The Bertz CT molecular complexity index is 360. The molecule has 0 radical (unpaired) electrons. The molecule has 0 atom stereocenters. The van der Waals surface area contributed by atoms with E-state index in [-0.39, 0.29) is 12.2 Å². The van der Waals surface area contributed by atoms with Crippen molar-refractivity contribution in [2.45, 2.75) is 13.3 Å². The zero-order valence-electron chi connectivity index (χ0n) is 7.62. The second kappa shape index (κ2) is 4.50. The van der Waals surface area contributed by atoms with Gasteiger partial charge in [0.15, 0.2) is 0 Å². The molecule has 0 aliphatic rings. The molecule has 0 aromatic heterocycles. The molecule has 0 unspecified atom stereocenters. The quantitative estimate of drug-likeness (QED) is 0.420. The van der Waals surface area contributed by atoms with E-state index in [0.717, 1.165) is 6.07 Å². The summed E-state index contributed by atoms with van der Waals surface area (Å²) in [6, 6.07) is 5.07. The van der Waals surface area contributed by atoms with Crippen molar-refractivity contribution in [1.82, 2.24) is 0 Å². The van der Waals surface area contributed by atoms with Crippen molar-refractivity contribution in [1.29, 1.82) is 0 Å². The average molecular weight is 196 g/mol. The number of hydrogen-bond acceptors (Lipinski definition) is 3. The maximum Gasteiger partial charge on any atom is 0.379 e. The van der Waals surface area contributed by atoms with E-state index in [0.29, 0.717) is 0 Å². The molecule has 0 aliphatic heterocycles. The first-order valence-corrected chi connectivity index (χ1v) is 4.14. The summed E-state index contributed by atoms with van der Waals surface area (Å²) in [5, 5.41) is 0. The zero-order valence-corrected chi connectivity index (χ0v) is 7.62. The fourth-order valence-electron chi connectivity index (χ4n) is 0.839. The van der Waals surface area contributed by atoms with Gasteiger partial charge in [0, 0.05) is 12.5 Å². The van der Waals surface area contributed by atoms with Crippen molar-refractivity contribution in [3.05, 3.63) is 30.1 Å².